The molecule has 1 aliphatic rings. The van der Waals surface area contributed by atoms with Crippen molar-refractivity contribution in [3.05, 3.63) is 35.9 Å². The van der Waals surface area contributed by atoms with Crippen LogP contribution in [0.2, 0.25) is 0 Å². The topological polar surface area (TPSA) is 29.3 Å². The Kier molecular flexibility index (Phi) is 4.87. The minimum atomic E-state index is 0.102. The fraction of sp³-hybridized carbons (Fsp3) is 0.667. The number of benzene rings is 1. The SMILES string of the molecule is CC(C)C(C(N)c1ccccc1)N1CCCC(C)(C)C1. The average Bonchev–Trinajstić information content (AvgIpc) is 2.38. The van der Waals surface area contributed by atoms with Crippen LogP contribution >= 0.6 is 0 Å². The van der Waals surface area contributed by atoms with Crippen molar-refractivity contribution >= 4 is 0 Å². The van der Waals surface area contributed by atoms with Gasteiger partial charge in [-0.05, 0) is 36.3 Å². The largest absolute Gasteiger partial charge is 0.323 e. The molecule has 2 unspecified atom stereocenters. The lowest BCUT2D eigenvalue weighted by Gasteiger charge is -2.45. The third-order valence-electron chi connectivity index (χ3n) is 4.59. The summed E-state index contributed by atoms with van der Waals surface area (Å²) in [6.07, 6.45) is 2.62. The van der Waals surface area contributed by atoms with Crippen molar-refractivity contribution in [2.24, 2.45) is 17.1 Å². The lowest BCUT2D eigenvalue weighted by Crippen LogP contribution is -2.52. The number of nitrogens with zero attached hydrogens (tertiary/aromatic N) is 1. The zero-order chi connectivity index (χ0) is 14.8. The molecule has 2 rings (SSSR count). The Morgan fingerprint density at radius 1 is 1.15 bits per heavy atom. The summed E-state index contributed by atoms with van der Waals surface area (Å²) in [5.41, 5.74) is 8.30. The summed E-state index contributed by atoms with van der Waals surface area (Å²) in [4.78, 5) is 2.63. The van der Waals surface area contributed by atoms with Crippen molar-refractivity contribution in [1.29, 1.82) is 0 Å². The van der Waals surface area contributed by atoms with Crippen molar-refractivity contribution in [1.82, 2.24) is 4.90 Å². The molecular formula is C18H30N2. The van der Waals surface area contributed by atoms with Gasteiger partial charge < -0.3 is 5.73 Å². The molecular weight excluding hydrogens is 244 g/mol. The van der Waals surface area contributed by atoms with Crippen LogP contribution in [0, 0.1) is 11.3 Å². The normalized spacial score (nSPS) is 22.7. The van der Waals surface area contributed by atoms with E-state index in [1.54, 1.807) is 0 Å². The Labute approximate surface area is 124 Å². The Bertz CT molecular complexity index is 411. The lowest BCUT2D eigenvalue weighted by atomic mass is 9.81. The summed E-state index contributed by atoms with van der Waals surface area (Å²) in [6, 6.07) is 11.1. The van der Waals surface area contributed by atoms with Gasteiger partial charge in [0.1, 0.15) is 0 Å². The van der Waals surface area contributed by atoms with Crippen molar-refractivity contribution in [3.63, 3.8) is 0 Å². The predicted octanol–water partition coefficient (Wildman–Crippen LogP) is 3.83. The van der Waals surface area contributed by atoms with E-state index in [0.717, 1.165) is 6.54 Å². The molecule has 1 fully saturated rings. The highest BCUT2D eigenvalue weighted by atomic mass is 15.2. The Morgan fingerprint density at radius 2 is 1.80 bits per heavy atom. The summed E-state index contributed by atoms with van der Waals surface area (Å²) in [5.74, 6) is 0.569. The van der Waals surface area contributed by atoms with E-state index < -0.39 is 0 Å². The van der Waals surface area contributed by atoms with E-state index in [2.05, 4.69) is 62.9 Å². The number of rotatable bonds is 4. The first kappa shape index (κ1) is 15.5. The maximum Gasteiger partial charge on any atom is 0.0455 e. The molecule has 1 aliphatic heterocycles. The third-order valence-corrected chi connectivity index (χ3v) is 4.59. The monoisotopic (exact) mass is 274 g/mol. The summed E-state index contributed by atoms with van der Waals surface area (Å²) in [7, 11) is 0. The average molecular weight is 274 g/mol. The summed E-state index contributed by atoms with van der Waals surface area (Å²) < 4.78 is 0. The summed E-state index contributed by atoms with van der Waals surface area (Å²) in [5, 5.41) is 0. The molecule has 0 spiro atoms. The maximum absolute atomic E-state index is 6.62. The van der Waals surface area contributed by atoms with E-state index in [4.69, 9.17) is 5.73 Å². The summed E-state index contributed by atoms with van der Waals surface area (Å²) >= 11 is 0. The standard InChI is InChI=1S/C18H30N2/c1-14(2)17(16(19)15-9-6-5-7-10-15)20-12-8-11-18(3,4)13-20/h5-7,9-10,14,16-17H,8,11-13,19H2,1-4H3. The molecule has 112 valence electrons. The second kappa shape index (κ2) is 6.28. The number of piperidine rings is 1. The highest BCUT2D eigenvalue weighted by Gasteiger charge is 2.35. The van der Waals surface area contributed by atoms with Crippen molar-refractivity contribution in [2.45, 2.75) is 52.6 Å². The first-order valence-electron chi connectivity index (χ1n) is 7.95. The first-order chi connectivity index (χ1) is 9.41. The molecule has 2 heteroatoms. The van der Waals surface area contributed by atoms with Crippen LogP contribution in [0.1, 0.15) is 52.1 Å². The molecule has 0 aromatic heterocycles. The minimum absolute atomic E-state index is 0.102. The quantitative estimate of drug-likeness (QED) is 0.904. The molecule has 0 aliphatic carbocycles. The van der Waals surface area contributed by atoms with Gasteiger partial charge in [0.15, 0.2) is 0 Å². The molecule has 2 nitrogen and oxygen atoms in total. The van der Waals surface area contributed by atoms with Crippen LogP contribution in [0.15, 0.2) is 30.3 Å². The van der Waals surface area contributed by atoms with Crippen LogP contribution in [0.25, 0.3) is 0 Å². The summed E-state index contributed by atoms with van der Waals surface area (Å²) in [6.45, 7) is 11.7. The highest BCUT2D eigenvalue weighted by molar-refractivity contribution is 5.20. The van der Waals surface area contributed by atoms with E-state index in [0.29, 0.717) is 17.4 Å². The van der Waals surface area contributed by atoms with Gasteiger partial charge in [0.05, 0.1) is 0 Å². The number of nitrogens with two attached hydrogens (primary N) is 1. The van der Waals surface area contributed by atoms with Crippen LogP contribution in [0.3, 0.4) is 0 Å². The first-order valence-corrected chi connectivity index (χ1v) is 7.95. The van der Waals surface area contributed by atoms with E-state index in [1.807, 2.05) is 0 Å². The van der Waals surface area contributed by atoms with Gasteiger partial charge in [0.25, 0.3) is 0 Å². The van der Waals surface area contributed by atoms with Gasteiger partial charge in [-0.1, -0.05) is 58.0 Å². The van der Waals surface area contributed by atoms with Crippen LogP contribution in [0.5, 0.6) is 0 Å². The molecule has 0 bridgehead atoms. The lowest BCUT2D eigenvalue weighted by molar-refractivity contribution is 0.0460. The van der Waals surface area contributed by atoms with Gasteiger partial charge >= 0.3 is 0 Å². The minimum Gasteiger partial charge on any atom is -0.323 e. The molecule has 0 radical (unpaired) electrons. The smallest absolute Gasteiger partial charge is 0.0455 e. The highest BCUT2D eigenvalue weighted by Crippen LogP contribution is 2.34. The molecule has 2 atom stereocenters. The molecule has 1 aromatic rings. The van der Waals surface area contributed by atoms with Crippen LogP contribution < -0.4 is 5.73 Å². The number of likely N-dealkylation sites (tertiary alicyclic amines) is 1. The van der Waals surface area contributed by atoms with Crippen molar-refractivity contribution < 1.29 is 0 Å². The van der Waals surface area contributed by atoms with Gasteiger partial charge in [0, 0.05) is 18.6 Å². The molecule has 20 heavy (non-hydrogen) atoms. The van der Waals surface area contributed by atoms with Crippen molar-refractivity contribution in [3.8, 4) is 0 Å². The van der Waals surface area contributed by atoms with Gasteiger partial charge in [-0.2, -0.15) is 0 Å². The Morgan fingerprint density at radius 3 is 2.35 bits per heavy atom. The van der Waals surface area contributed by atoms with Crippen molar-refractivity contribution in [2.75, 3.05) is 13.1 Å². The zero-order valence-corrected chi connectivity index (χ0v) is 13.5. The van der Waals surface area contributed by atoms with Crippen LogP contribution in [0.4, 0.5) is 0 Å². The van der Waals surface area contributed by atoms with E-state index in [1.165, 1.54) is 24.9 Å². The molecule has 1 heterocycles. The maximum atomic E-state index is 6.62. The molecule has 1 aromatic carbocycles. The fourth-order valence-corrected chi connectivity index (χ4v) is 3.66. The van der Waals surface area contributed by atoms with E-state index >= 15 is 0 Å². The predicted molar refractivity (Wildman–Crippen MR) is 86.6 cm³/mol. The van der Waals surface area contributed by atoms with E-state index in [9.17, 15) is 0 Å². The zero-order valence-electron chi connectivity index (χ0n) is 13.5. The van der Waals surface area contributed by atoms with E-state index in [-0.39, 0.29) is 6.04 Å². The fourth-order valence-electron chi connectivity index (χ4n) is 3.66. The second-order valence-electron chi connectivity index (χ2n) is 7.41. The van der Waals surface area contributed by atoms with Gasteiger partial charge in [0.2, 0.25) is 0 Å². The van der Waals surface area contributed by atoms with Gasteiger partial charge in [-0.25, -0.2) is 0 Å². The molecule has 0 amide bonds. The third kappa shape index (κ3) is 3.62. The molecule has 0 saturated carbocycles. The molecule has 1 saturated heterocycles. The van der Waals surface area contributed by atoms with Crippen LogP contribution in [-0.4, -0.2) is 24.0 Å². The second-order valence-corrected chi connectivity index (χ2v) is 7.41. The van der Waals surface area contributed by atoms with Crippen LogP contribution in [-0.2, 0) is 0 Å². The Balaban J connectivity index is 2.19. The number of hydrogen-bond donors (Lipinski definition) is 1. The van der Waals surface area contributed by atoms with Gasteiger partial charge in [-0.3, -0.25) is 4.90 Å². The molecule has 2 N–H and O–H groups in total. The van der Waals surface area contributed by atoms with Gasteiger partial charge in [-0.15, -0.1) is 0 Å². The Hall–Kier alpha value is -0.860. The number of hydrogen-bond acceptors (Lipinski definition) is 2.